The number of likely N-dealkylation sites (N-methyl/N-ethyl adjacent to an activating group) is 1. The molecule has 0 unspecified atom stereocenters. The van der Waals surface area contributed by atoms with Gasteiger partial charge in [-0.25, -0.2) is 0 Å². The molecule has 1 aromatic carbocycles. The second-order valence-corrected chi connectivity index (χ2v) is 5.33. The van der Waals surface area contributed by atoms with Crippen molar-refractivity contribution in [2.45, 2.75) is 0 Å². The van der Waals surface area contributed by atoms with Crippen LogP contribution in [0.25, 0.3) is 0 Å². The fraction of sp³-hybridized carbons (Fsp3) is 0.533. The summed E-state index contributed by atoms with van der Waals surface area (Å²) in [7, 11) is 3.91. The maximum absolute atomic E-state index is 5.59. The highest BCUT2D eigenvalue weighted by Crippen LogP contribution is 2.30. The van der Waals surface area contributed by atoms with E-state index in [9.17, 15) is 0 Å². The summed E-state index contributed by atoms with van der Waals surface area (Å²) in [4.78, 5) is 9.21. The Morgan fingerprint density at radius 3 is 2.65 bits per heavy atom. The zero-order chi connectivity index (χ0) is 13.9. The van der Waals surface area contributed by atoms with Gasteiger partial charge in [-0.1, -0.05) is 0 Å². The predicted octanol–water partition coefficient (Wildman–Crippen LogP) is 0.797. The number of rotatable bonds is 3. The van der Waals surface area contributed by atoms with Crippen LogP contribution in [0.4, 0.5) is 5.69 Å². The molecule has 2 aliphatic rings. The first kappa shape index (κ1) is 13.2. The highest BCUT2D eigenvalue weighted by Gasteiger charge is 2.19. The molecule has 1 saturated heterocycles. The van der Waals surface area contributed by atoms with Crippen molar-refractivity contribution in [3.05, 3.63) is 23.8 Å². The number of hydrogen-bond donors (Lipinski definition) is 1. The lowest BCUT2D eigenvalue weighted by Crippen LogP contribution is -2.44. The lowest BCUT2D eigenvalue weighted by molar-refractivity contribution is 0.311. The van der Waals surface area contributed by atoms with E-state index in [1.54, 1.807) is 7.11 Å². The van der Waals surface area contributed by atoms with Crippen LogP contribution in [0.1, 0.15) is 5.56 Å². The summed E-state index contributed by atoms with van der Waals surface area (Å²) in [6.07, 6.45) is 0. The predicted molar refractivity (Wildman–Crippen MR) is 82.1 cm³/mol. The van der Waals surface area contributed by atoms with Crippen molar-refractivity contribution in [2.24, 2.45) is 4.99 Å². The standard InChI is InChI=1S/C15H22N4O/c1-18-7-9-19(10-8-18)13-4-3-12(11-14(13)20-2)15-16-5-6-17-15/h3-4,11H,5-10H2,1-2H3,(H,16,17). The molecule has 0 aliphatic carbocycles. The van der Waals surface area contributed by atoms with E-state index >= 15 is 0 Å². The molecular weight excluding hydrogens is 252 g/mol. The Morgan fingerprint density at radius 2 is 2.00 bits per heavy atom. The quantitative estimate of drug-likeness (QED) is 0.885. The summed E-state index contributed by atoms with van der Waals surface area (Å²) in [5, 5.41) is 3.30. The SMILES string of the molecule is COc1cc(C2=NCCN2)ccc1N1CCN(C)CC1. The molecule has 5 heteroatoms. The van der Waals surface area contributed by atoms with Gasteiger partial charge in [0.25, 0.3) is 0 Å². The van der Waals surface area contributed by atoms with Crippen LogP contribution in [0.15, 0.2) is 23.2 Å². The van der Waals surface area contributed by atoms with Gasteiger partial charge < -0.3 is 19.9 Å². The Kier molecular flexibility index (Phi) is 3.78. The average molecular weight is 274 g/mol. The normalized spacial score (nSPS) is 19.7. The Labute approximate surface area is 120 Å². The molecule has 1 N–H and O–H groups in total. The minimum atomic E-state index is 0.859. The molecule has 0 atom stereocenters. The molecule has 2 heterocycles. The number of nitrogens with zero attached hydrogens (tertiary/aromatic N) is 3. The molecule has 3 rings (SSSR count). The molecule has 1 aromatic rings. The summed E-state index contributed by atoms with van der Waals surface area (Å²) in [6, 6.07) is 6.38. The first-order valence-corrected chi connectivity index (χ1v) is 7.18. The minimum Gasteiger partial charge on any atom is -0.495 e. The van der Waals surface area contributed by atoms with E-state index in [0.29, 0.717) is 0 Å². The van der Waals surface area contributed by atoms with Gasteiger partial charge in [0.2, 0.25) is 0 Å². The van der Waals surface area contributed by atoms with Gasteiger partial charge in [-0.15, -0.1) is 0 Å². The van der Waals surface area contributed by atoms with Gasteiger partial charge in [0.15, 0.2) is 0 Å². The van der Waals surface area contributed by atoms with Crippen LogP contribution in [0.5, 0.6) is 5.75 Å². The minimum absolute atomic E-state index is 0.859. The van der Waals surface area contributed by atoms with Gasteiger partial charge in [-0.2, -0.15) is 0 Å². The number of amidine groups is 1. The third-order valence-electron chi connectivity index (χ3n) is 3.97. The monoisotopic (exact) mass is 274 g/mol. The number of anilines is 1. The smallest absolute Gasteiger partial charge is 0.142 e. The van der Waals surface area contributed by atoms with Crippen molar-refractivity contribution in [3.63, 3.8) is 0 Å². The van der Waals surface area contributed by atoms with Crippen LogP contribution in [-0.2, 0) is 0 Å². The second-order valence-electron chi connectivity index (χ2n) is 5.33. The fourth-order valence-corrected chi connectivity index (χ4v) is 2.72. The van der Waals surface area contributed by atoms with Crippen molar-refractivity contribution in [3.8, 4) is 5.75 Å². The van der Waals surface area contributed by atoms with Crippen LogP contribution in [0, 0.1) is 0 Å². The van der Waals surface area contributed by atoms with Crippen LogP contribution in [-0.4, -0.2) is 64.2 Å². The third-order valence-corrected chi connectivity index (χ3v) is 3.97. The Balaban J connectivity index is 1.84. The topological polar surface area (TPSA) is 40.1 Å². The summed E-state index contributed by atoms with van der Waals surface area (Å²) in [6.45, 7) is 6.07. The molecular formula is C15H22N4O. The van der Waals surface area contributed by atoms with E-state index in [-0.39, 0.29) is 0 Å². The lowest BCUT2D eigenvalue weighted by atomic mass is 10.1. The highest BCUT2D eigenvalue weighted by atomic mass is 16.5. The van der Waals surface area contributed by atoms with Gasteiger partial charge in [-0.05, 0) is 25.2 Å². The van der Waals surface area contributed by atoms with Crippen LogP contribution in [0.3, 0.4) is 0 Å². The zero-order valence-electron chi connectivity index (χ0n) is 12.2. The number of piperazine rings is 1. The third kappa shape index (κ3) is 2.58. The summed E-state index contributed by atoms with van der Waals surface area (Å²) in [5.41, 5.74) is 2.29. The molecule has 0 aromatic heterocycles. The van der Waals surface area contributed by atoms with E-state index in [2.05, 4.69) is 45.4 Å². The van der Waals surface area contributed by atoms with Crippen molar-refractivity contribution in [1.29, 1.82) is 0 Å². The molecule has 108 valence electrons. The van der Waals surface area contributed by atoms with Gasteiger partial charge in [0.05, 0.1) is 19.3 Å². The molecule has 0 spiro atoms. The molecule has 1 fully saturated rings. The molecule has 0 saturated carbocycles. The van der Waals surface area contributed by atoms with Crippen molar-refractivity contribution in [2.75, 3.05) is 58.3 Å². The van der Waals surface area contributed by atoms with Crippen molar-refractivity contribution < 1.29 is 4.74 Å². The summed E-state index contributed by atoms with van der Waals surface area (Å²) >= 11 is 0. The van der Waals surface area contributed by atoms with Crippen molar-refractivity contribution in [1.82, 2.24) is 10.2 Å². The molecule has 0 bridgehead atoms. The van der Waals surface area contributed by atoms with Gasteiger partial charge in [0.1, 0.15) is 11.6 Å². The maximum Gasteiger partial charge on any atom is 0.142 e. The van der Waals surface area contributed by atoms with Crippen LogP contribution < -0.4 is 15.0 Å². The zero-order valence-corrected chi connectivity index (χ0v) is 12.2. The van der Waals surface area contributed by atoms with E-state index in [1.165, 1.54) is 5.69 Å². The average Bonchev–Trinajstić information content (AvgIpc) is 3.02. The lowest BCUT2D eigenvalue weighted by Gasteiger charge is -2.34. The Bertz CT molecular complexity index is 507. The van der Waals surface area contributed by atoms with E-state index in [4.69, 9.17) is 4.74 Å². The van der Waals surface area contributed by atoms with E-state index in [1.807, 2.05) is 0 Å². The number of hydrogen-bond acceptors (Lipinski definition) is 5. The van der Waals surface area contributed by atoms with E-state index < -0.39 is 0 Å². The molecule has 5 nitrogen and oxygen atoms in total. The van der Waals surface area contributed by atoms with Gasteiger partial charge in [0, 0.05) is 38.3 Å². The van der Waals surface area contributed by atoms with Gasteiger partial charge >= 0.3 is 0 Å². The maximum atomic E-state index is 5.59. The molecule has 0 radical (unpaired) electrons. The Hall–Kier alpha value is -1.75. The largest absolute Gasteiger partial charge is 0.495 e. The number of aliphatic imine (C=N–C) groups is 1. The number of benzene rings is 1. The van der Waals surface area contributed by atoms with Crippen LogP contribution in [0.2, 0.25) is 0 Å². The fourth-order valence-electron chi connectivity index (χ4n) is 2.72. The second kappa shape index (κ2) is 5.71. The summed E-state index contributed by atoms with van der Waals surface area (Å²) < 4.78 is 5.59. The van der Waals surface area contributed by atoms with Crippen molar-refractivity contribution >= 4 is 11.5 Å². The number of nitrogens with one attached hydrogen (secondary N) is 1. The molecule has 20 heavy (non-hydrogen) atoms. The van der Waals surface area contributed by atoms with E-state index in [0.717, 1.165) is 56.4 Å². The number of methoxy groups -OCH3 is 1. The molecule has 2 aliphatic heterocycles. The first-order chi connectivity index (χ1) is 9.78. The Morgan fingerprint density at radius 1 is 1.20 bits per heavy atom. The molecule has 0 amide bonds. The summed E-state index contributed by atoms with van der Waals surface area (Å²) in [5.74, 6) is 1.91. The first-order valence-electron chi connectivity index (χ1n) is 7.18. The van der Waals surface area contributed by atoms with Crippen LogP contribution >= 0.6 is 0 Å². The highest BCUT2D eigenvalue weighted by molar-refractivity contribution is 6.00. The number of ether oxygens (including phenoxy) is 1. The van der Waals surface area contributed by atoms with Gasteiger partial charge in [-0.3, -0.25) is 4.99 Å².